The van der Waals surface area contributed by atoms with E-state index in [4.69, 9.17) is 4.74 Å². The van der Waals surface area contributed by atoms with E-state index in [0.29, 0.717) is 20.9 Å². The fourth-order valence-corrected chi connectivity index (χ4v) is 7.05. The number of carbonyl (C=O) groups is 2. The standard InChI is InChI=1S/C33H24F6O4S2/c1-17(29(40)42-4)16-43-30(41)22-12-10-21(11-13-22)26-15-24(19(3)45-26)28-27(31(34,35)33(38,39)32(28,36)37)23-14-25(44-18(23)2)20-8-6-5-7-9-20/h5-15H,1,16H2,2-4H3. The summed E-state index contributed by atoms with van der Waals surface area (Å²) in [5, 5.41) is 0. The molecule has 0 spiro atoms. The van der Waals surface area contributed by atoms with Crippen LogP contribution in [0.3, 0.4) is 0 Å². The summed E-state index contributed by atoms with van der Waals surface area (Å²) in [4.78, 5) is 24.9. The summed E-state index contributed by atoms with van der Waals surface area (Å²) < 4.78 is 102. The fraction of sp³-hybridized carbons (Fsp3) is 0.212. The molecule has 0 radical (unpaired) electrons. The van der Waals surface area contributed by atoms with Crippen molar-refractivity contribution in [3.05, 3.63) is 105 Å². The molecular formula is C33H24F6O4S2. The molecule has 234 valence electrons. The monoisotopic (exact) mass is 662 g/mol. The van der Waals surface area contributed by atoms with Crippen LogP contribution in [0.4, 0.5) is 26.3 Å². The van der Waals surface area contributed by atoms with Crippen LogP contribution >= 0.6 is 22.7 Å². The van der Waals surface area contributed by atoms with E-state index in [1.807, 2.05) is 0 Å². The molecule has 0 amide bonds. The number of thiophene rings is 2. The van der Waals surface area contributed by atoms with Gasteiger partial charge in [0.15, 0.2) is 0 Å². The summed E-state index contributed by atoms with van der Waals surface area (Å²) in [5.74, 6) is -17.5. The van der Waals surface area contributed by atoms with Crippen molar-refractivity contribution in [3.8, 4) is 20.9 Å². The van der Waals surface area contributed by atoms with Crippen molar-refractivity contribution in [3.63, 3.8) is 0 Å². The van der Waals surface area contributed by atoms with Crippen LogP contribution in [0.15, 0.2) is 78.9 Å². The second-order valence-electron chi connectivity index (χ2n) is 10.2. The zero-order chi connectivity index (χ0) is 32.9. The van der Waals surface area contributed by atoms with Crippen LogP contribution in [0.5, 0.6) is 0 Å². The van der Waals surface area contributed by atoms with Gasteiger partial charge in [-0.2, -0.15) is 26.3 Å². The lowest BCUT2D eigenvalue weighted by atomic mass is 9.94. The number of carbonyl (C=O) groups excluding carboxylic acids is 2. The Balaban J connectivity index is 1.55. The summed E-state index contributed by atoms with van der Waals surface area (Å²) in [7, 11) is 1.15. The molecule has 4 aromatic rings. The molecule has 0 unspecified atom stereocenters. The maximum absolute atomic E-state index is 15.5. The molecule has 0 fully saturated rings. The second kappa shape index (κ2) is 11.6. The Morgan fingerprint density at radius 2 is 1.22 bits per heavy atom. The normalized spacial score (nSPS) is 16.5. The third-order valence-electron chi connectivity index (χ3n) is 7.36. The van der Waals surface area contributed by atoms with E-state index in [2.05, 4.69) is 11.3 Å². The van der Waals surface area contributed by atoms with Crippen molar-refractivity contribution in [2.75, 3.05) is 13.7 Å². The third kappa shape index (κ3) is 5.39. The zero-order valence-electron chi connectivity index (χ0n) is 24.0. The highest BCUT2D eigenvalue weighted by atomic mass is 32.1. The highest BCUT2D eigenvalue weighted by Gasteiger charge is 2.80. The van der Waals surface area contributed by atoms with Crippen LogP contribution in [0.25, 0.3) is 32.0 Å². The van der Waals surface area contributed by atoms with E-state index in [9.17, 15) is 18.4 Å². The topological polar surface area (TPSA) is 52.6 Å². The number of alkyl halides is 6. The van der Waals surface area contributed by atoms with Crippen LogP contribution in [-0.4, -0.2) is 43.4 Å². The minimum absolute atomic E-state index is 0.0773. The Labute approximate surface area is 262 Å². The van der Waals surface area contributed by atoms with Crippen molar-refractivity contribution >= 4 is 45.8 Å². The molecule has 4 nitrogen and oxygen atoms in total. The first-order valence-corrected chi connectivity index (χ1v) is 14.9. The van der Waals surface area contributed by atoms with Crippen LogP contribution in [0.2, 0.25) is 0 Å². The summed E-state index contributed by atoms with van der Waals surface area (Å²) in [6, 6.07) is 16.8. The molecule has 45 heavy (non-hydrogen) atoms. The molecular weight excluding hydrogens is 638 g/mol. The first-order chi connectivity index (χ1) is 21.1. The van der Waals surface area contributed by atoms with Crippen molar-refractivity contribution in [2.45, 2.75) is 31.6 Å². The Morgan fingerprint density at radius 1 is 0.756 bits per heavy atom. The number of benzene rings is 2. The lowest BCUT2D eigenvalue weighted by Crippen LogP contribution is -2.48. The number of halogens is 6. The number of aryl methyl sites for hydroxylation is 2. The highest BCUT2D eigenvalue weighted by molar-refractivity contribution is 7.16. The zero-order valence-corrected chi connectivity index (χ0v) is 25.6. The minimum Gasteiger partial charge on any atom is -0.466 e. The lowest BCUT2D eigenvalue weighted by Gasteiger charge is -2.25. The maximum atomic E-state index is 15.5. The van der Waals surface area contributed by atoms with Crippen molar-refractivity contribution < 1.29 is 45.4 Å². The Bertz CT molecular complexity index is 1840. The smallest absolute Gasteiger partial charge is 0.380 e. The molecule has 0 saturated heterocycles. The molecule has 0 N–H and O–H groups in total. The van der Waals surface area contributed by atoms with E-state index >= 15 is 17.6 Å². The van der Waals surface area contributed by atoms with Crippen molar-refractivity contribution in [1.82, 2.24) is 0 Å². The second-order valence-corrected chi connectivity index (χ2v) is 12.8. The van der Waals surface area contributed by atoms with E-state index in [-0.39, 0.29) is 26.5 Å². The fourth-order valence-electron chi connectivity index (χ4n) is 4.99. The van der Waals surface area contributed by atoms with Crippen molar-refractivity contribution in [2.24, 2.45) is 0 Å². The number of methoxy groups -OCH3 is 1. The molecule has 2 heterocycles. The third-order valence-corrected chi connectivity index (χ3v) is 9.55. The molecule has 0 atom stereocenters. The number of hydrogen-bond acceptors (Lipinski definition) is 6. The molecule has 0 aliphatic heterocycles. The van der Waals surface area contributed by atoms with Gasteiger partial charge in [0.25, 0.3) is 0 Å². The molecule has 12 heteroatoms. The van der Waals surface area contributed by atoms with Gasteiger partial charge in [0.1, 0.15) is 6.61 Å². The summed E-state index contributed by atoms with van der Waals surface area (Å²) in [5.41, 5.74) is -2.51. The molecule has 1 aliphatic carbocycles. The number of ether oxygens (including phenoxy) is 2. The number of allylic oxidation sites excluding steroid dienone is 2. The van der Waals surface area contributed by atoms with E-state index in [0.717, 1.165) is 29.8 Å². The molecule has 0 bridgehead atoms. The quantitative estimate of drug-likeness (QED) is 0.107. The predicted octanol–water partition coefficient (Wildman–Crippen LogP) is 9.48. The Kier molecular flexibility index (Phi) is 8.34. The largest absolute Gasteiger partial charge is 0.466 e. The first-order valence-electron chi connectivity index (χ1n) is 13.3. The molecule has 2 aromatic heterocycles. The van der Waals surface area contributed by atoms with Gasteiger partial charge in [0.05, 0.1) is 18.2 Å². The molecule has 5 rings (SSSR count). The summed E-state index contributed by atoms with van der Waals surface area (Å²) in [6.07, 6.45) is 0. The minimum atomic E-state index is -5.68. The van der Waals surface area contributed by atoms with E-state index in [1.54, 1.807) is 30.3 Å². The number of hydrogen-bond donors (Lipinski definition) is 0. The Morgan fingerprint density at radius 3 is 1.69 bits per heavy atom. The van der Waals surface area contributed by atoms with Gasteiger partial charge in [-0.3, -0.25) is 0 Å². The highest BCUT2D eigenvalue weighted by Crippen LogP contribution is 2.66. The molecule has 0 saturated carbocycles. The van der Waals surface area contributed by atoms with Gasteiger partial charge in [-0.05, 0) is 60.4 Å². The first kappa shape index (κ1) is 32.2. The molecule has 1 aliphatic rings. The average molecular weight is 663 g/mol. The van der Waals surface area contributed by atoms with Gasteiger partial charge < -0.3 is 9.47 Å². The van der Waals surface area contributed by atoms with Crippen LogP contribution in [-0.2, 0) is 14.3 Å². The van der Waals surface area contributed by atoms with Gasteiger partial charge in [-0.25, -0.2) is 9.59 Å². The SMILES string of the molecule is C=C(COC(=O)c1ccc(-c2cc(C3=C(c4cc(-c5ccccc5)sc4C)C(F)(F)C(F)(F)C3(F)F)c(C)s2)cc1)C(=O)OC. The number of rotatable bonds is 8. The van der Waals surface area contributed by atoms with Gasteiger partial charge in [0, 0.05) is 30.7 Å². The number of esters is 2. The van der Waals surface area contributed by atoms with Crippen LogP contribution in [0, 0.1) is 13.8 Å². The van der Waals surface area contributed by atoms with Gasteiger partial charge in [-0.15, -0.1) is 22.7 Å². The summed E-state index contributed by atoms with van der Waals surface area (Å²) in [6.45, 7) is 5.89. The maximum Gasteiger partial charge on any atom is 0.380 e. The van der Waals surface area contributed by atoms with Gasteiger partial charge in [0.2, 0.25) is 0 Å². The van der Waals surface area contributed by atoms with E-state index < -0.39 is 53.0 Å². The van der Waals surface area contributed by atoms with Crippen molar-refractivity contribution in [1.29, 1.82) is 0 Å². The Hall–Kier alpha value is -4.16. The van der Waals surface area contributed by atoms with E-state index in [1.165, 1.54) is 50.2 Å². The predicted molar refractivity (Wildman–Crippen MR) is 162 cm³/mol. The molecule has 2 aromatic carbocycles. The average Bonchev–Trinajstić information content (AvgIpc) is 3.62. The van der Waals surface area contributed by atoms with Crippen LogP contribution in [0.1, 0.15) is 31.2 Å². The lowest BCUT2D eigenvalue weighted by molar-refractivity contribution is -0.254. The summed E-state index contributed by atoms with van der Waals surface area (Å²) >= 11 is 2.01. The van der Waals surface area contributed by atoms with Gasteiger partial charge >= 0.3 is 29.7 Å². The van der Waals surface area contributed by atoms with Gasteiger partial charge in [-0.1, -0.05) is 49.0 Å². The van der Waals surface area contributed by atoms with Crippen LogP contribution < -0.4 is 0 Å².